The molecule has 0 fully saturated rings. The average Bonchev–Trinajstić information content (AvgIpc) is 2.90. The number of aromatic nitrogens is 1. The number of carboxylic acids is 1. The Morgan fingerprint density at radius 1 is 1.37 bits per heavy atom. The third-order valence-corrected chi connectivity index (χ3v) is 3.00. The highest BCUT2D eigenvalue weighted by Gasteiger charge is 2.23. The highest BCUT2D eigenvalue weighted by molar-refractivity contribution is 7.07. The van der Waals surface area contributed by atoms with Crippen LogP contribution in [-0.2, 0) is 4.79 Å². The molecule has 19 heavy (non-hydrogen) atoms. The zero-order valence-electron chi connectivity index (χ0n) is 9.81. The number of rotatable bonds is 4. The molecule has 0 spiro atoms. The zero-order chi connectivity index (χ0) is 13.8. The molecule has 2 aromatic rings. The maximum Gasteiger partial charge on any atom is 0.323 e. The Labute approximate surface area is 113 Å². The summed E-state index contributed by atoms with van der Waals surface area (Å²) in [5, 5.41) is 10.5. The molecule has 0 aliphatic carbocycles. The number of nitrogen functional groups attached to an aromatic ring is 1. The molecule has 0 saturated carbocycles. The summed E-state index contributed by atoms with van der Waals surface area (Å²) >= 11 is 1.27. The minimum absolute atomic E-state index is 0.203. The number of hydrogen-bond donors (Lipinski definition) is 2. The Bertz CT molecular complexity index is 598. The first-order valence-corrected chi connectivity index (χ1v) is 6.30. The number of thiazole rings is 1. The molecule has 1 aromatic carbocycles. The molecule has 1 amide bonds. The Hall–Kier alpha value is -2.41. The Balaban J connectivity index is 2.39. The van der Waals surface area contributed by atoms with Crippen molar-refractivity contribution in [3.05, 3.63) is 40.8 Å². The van der Waals surface area contributed by atoms with Crippen LogP contribution in [0.1, 0.15) is 10.5 Å². The molecule has 1 aromatic heterocycles. The first-order valence-electron chi connectivity index (χ1n) is 5.36. The maximum absolute atomic E-state index is 12.2. The number of nitrogens with two attached hydrogens (primary N) is 1. The van der Waals surface area contributed by atoms with Gasteiger partial charge in [0.25, 0.3) is 5.91 Å². The molecule has 7 heteroatoms. The van der Waals surface area contributed by atoms with E-state index in [-0.39, 0.29) is 5.69 Å². The number of hydrogen-bond acceptors (Lipinski definition) is 5. The van der Waals surface area contributed by atoms with Gasteiger partial charge in [-0.2, -0.15) is 0 Å². The van der Waals surface area contributed by atoms with Gasteiger partial charge in [0, 0.05) is 5.38 Å². The number of anilines is 2. The number of nitrogens with zero attached hydrogens (tertiary/aromatic N) is 2. The van der Waals surface area contributed by atoms with E-state index in [0.717, 1.165) is 4.90 Å². The second-order valence-electron chi connectivity index (χ2n) is 3.72. The SMILES string of the molecule is Nc1ccccc1N(CC(=O)O)C(=O)c1cscn1. The number of amides is 1. The van der Waals surface area contributed by atoms with Crippen LogP contribution in [0.15, 0.2) is 35.2 Å². The van der Waals surface area contributed by atoms with Gasteiger partial charge in [0.05, 0.1) is 16.9 Å². The lowest BCUT2D eigenvalue weighted by atomic mass is 10.2. The van der Waals surface area contributed by atoms with Gasteiger partial charge >= 0.3 is 5.97 Å². The molecule has 0 unspecified atom stereocenters. The molecule has 1 heterocycles. The predicted octanol–water partition coefficient (Wildman–Crippen LogP) is 1.46. The molecule has 98 valence electrons. The summed E-state index contributed by atoms with van der Waals surface area (Å²) in [6.07, 6.45) is 0. The summed E-state index contributed by atoms with van der Waals surface area (Å²) < 4.78 is 0. The van der Waals surface area contributed by atoms with Gasteiger partial charge in [0.1, 0.15) is 12.2 Å². The Morgan fingerprint density at radius 2 is 2.11 bits per heavy atom. The first kappa shape index (κ1) is 13.0. The number of carbonyl (C=O) groups is 2. The van der Waals surface area contributed by atoms with E-state index in [2.05, 4.69) is 4.98 Å². The van der Waals surface area contributed by atoms with E-state index in [9.17, 15) is 9.59 Å². The monoisotopic (exact) mass is 277 g/mol. The number of para-hydroxylation sites is 2. The van der Waals surface area contributed by atoms with Crippen molar-refractivity contribution in [2.45, 2.75) is 0 Å². The van der Waals surface area contributed by atoms with Crippen LogP contribution in [0.25, 0.3) is 0 Å². The lowest BCUT2D eigenvalue weighted by Crippen LogP contribution is -2.36. The van der Waals surface area contributed by atoms with Crippen molar-refractivity contribution < 1.29 is 14.7 Å². The van der Waals surface area contributed by atoms with Gasteiger partial charge in [-0.3, -0.25) is 14.5 Å². The van der Waals surface area contributed by atoms with Gasteiger partial charge in [0.15, 0.2) is 0 Å². The molecule has 3 N–H and O–H groups in total. The van der Waals surface area contributed by atoms with E-state index in [1.807, 2.05) is 0 Å². The Kier molecular flexibility index (Phi) is 3.76. The van der Waals surface area contributed by atoms with Gasteiger partial charge in [-0.25, -0.2) is 4.98 Å². The van der Waals surface area contributed by atoms with Gasteiger partial charge in [-0.15, -0.1) is 11.3 Å². The molecule has 0 aliphatic rings. The normalized spacial score (nSPS) is 10.1. The lowest BCUT2D eigenvalue weighted by molar-refractivity contribution is -0.135. The second kappa shape index (κ2) is 5.49. The van der Waals surface area contributed by atoms with E-state index in [0.29, 0.717) is 11.4 Å². The number of carbonyl (C=O) groups excluding carboxylic acids is 1. The van der Waals surface area contributed by atoms with Crippen molar-refractivity contribution in [2.75, 3.05) is 17.2 Å². The minimum atomic E-state index is -1.12. The predicted molar refractivity (Wildman–Crippen MR) is 72.3 cm³/mol. The second-order valence-corrected chi connectivity index (χ2v) is 4.44. The van der Waals surface area contributed by atoms with Crippen molar-refractivity contribution >= 4 is 34.6 Å². The average molecular weight is 277 g/mol. The highest BCUT2D eigenvalue weighted by atomic mass is 32.1. The standard InChI is InChI=1S/C12H11N3O3S/c13-8-3-1-2-4-10(8)15(5-11(16)17)12(18)9-6-19-7-14-9/h1-4,6-7H,5,13H2,(H,16,17). The van der Waals surface area contributed by atoms with Crippen LogP contribution in [-0.4, -0.2) is 28.5 Å². The van der Waals surface area contributed by atoms with Crippen molar-refractivity contribution in [1.29, 1.82) is 0 Å². The minimum Gasteiger partial charge on any atom is -0.480 e. The topological polar surface area (TPSA) is 96.5 Å². The number of benzene rings is 1. The molecule has 0 saturated heterocycles. The summed E-state index contributed by atoms with van der Waals surface area (Å²) in [5.41, 5.74) is 8.21. The fourth-order valence-corrected chi connectivity index (χ4v) is 2.12. The fraction of sp³-hybridized carbons (Fsp3) is 0.0833. The van der Waals surface area contributed by atoms with Crippen LogP contribution in [0.2, 0.25) is 0 Å². The summed E-state index contributed by atoms with van der Waals surface area (Å²) in [6, 6.07) is 6.61. The molecule has 0 radical (unpaired) electrons. The maximum atomic E-state index is 12.2. The van der Waals surface area contributed by atoms with E-state index in [1.165, 1.54) is 16.8 Å². The van der Waals surface area contributed by atoms with Gasteiger partial charge in [-0.1, -0.05) is 12.1 Å². The van der Waals surface area contributed by atoms with Gasteiger partial charge in [0.2, 0.25) is 0 Å². The Morgan fingerprint density at radius 3 is 2.68 bits per heavy atom. The van der Waals surface area contributed by atoms with E-state index >= 15 is 0 Å². The summed E-state index contributed by atoms with van der Waals surface area (Å²) in [7, 11) is 0. The molecule has 0 aliphatic heterocycles. The summed E-state index contributed by atoms with van der Waals surface area (Å²) in [5.74, 6) is -1.60. The van der Waals surface area contributed by atoms with Crippen molar-refractivity contribution in [3.63, 3.8) is 0 Å². The first-order chi connectivity index (χ1) is 9.09. The van der Waals surface area contributed by atoms with E-state index in [1.54, 1.807) is 29.6 Å². The molecule has 0 bridgehead atoms. The lowest BCUT2D eigenvalue weighted by Gasteiger charge is -2.21. The van der Waals surface area contributed by atoms with Crippen LogP contribution >= 0.6 is 11.3 Å². The van der Waals surface area contributed by atoms with Crippen LogP contribution in [0.5, 0.6) is 0 Å². The number of carboxylic acid groups (broad SMARTS) is 1. The van der Waals surface area contributed by atoms with Crippen molar-refractivity contribution in [2.24, 2.45) is 0 Å². The van der Waals surface area contributed by atoms with Crippen LogP contribution in [0.4, 0.5) is 11.4 Å². The molecule has 2 rings (SSSR count). The molecular formula is C12H11N3O3S. The molecule has 6 nitrogen and oxygen atoms in total. The third kappa shape index (κ3) is 2.89. The van der Waals surface area contributed by atoms with Crippen LogP contribution < -0.4 is 10.6 Å². The smallest absolute Gasteiger partial charge is 0.323 e. The highest BCUT2D eigenvalue weighted by Crippen LogP contribution is 2.24. The third-order valence-electron chi connectivity index (χ3n) is 2.42. The van der Waals surface area contributed by atoms with Gasteiger partial charge in [-0.05, 0) is 12.1 Å². The van der Waals surface area contributed by atoms with E-state index in [4.69, 9.17) is 10.8 Å². The largest absolute Gasteiger partial charge is 0.480 e. The van der Waals surface area contributed by atoms with Gasteiger partial charge < -0.3 is 10.8 Å². The van der Waals surface area contributed by atoms with Crippen molar-refractivity contribution in [3.8, 4) is 0 Å². The summed E-state index contributed by atoms with van der Waals surface area (Å²) in [4.78, 5) is 28.2. The van der Waals surface area contributed by atoms with Crippen molar-refractivity contribution in [1.82, 2.24) is 4.98 Å². The molecular weight excluding hydrogens is 266 g/mol. The summed E-state index contributed by atoms with van der Waals surface area (Å²) in [6.45, 7) is -0.468. The number of aliphatic carboxylic acids is 1. The quantitative estimate of drug-likeness (QED) is 0.825. The van der Waals surface area contributed by atoms with Crippen LogP contribution in [0.3, 0.4) is 0 Å². The fourth-order valence-electron chi connectivity index (χ4n) is 1.59. The van der Waals surface area contributed by atoms with Crippen LogP contribution in [0, 0.1) is 0 Å². The molecule has 0 atom stereocenters. The zero-order valence-corrected chi connectivity index (χ0v) is 10.6. The van der Waals surface area contributed by atoms with E-state index < -0.39 is 18.4 Å².